The molecule has 0 aliphatic rings. The van der Waals surface area contributed by atoms with Gasteiger partial charge in [0.05, 0.1) is 25.8 Å². The average Bonchev–Trinajstić information content (AvgIpc) is 3.09. The number of thioether (sulfide) groups is 1. The predicted molar refractivity (Wildman–Crippen MR) is 116 cm³/mol. The molecule has 0 unspecified atom stereocenters. The Bertz CT molecular complexity index is 963. The van der Waals surface area contributed by atoms with Crippen LogP contribution in [0.1, 0.15) is 16.2 Å². The molecule has 0 radical (unpaired) electrons. The smallest absolute Gasteiger partial charge is 0.252 e. The van der Waals surface area contributed by atoms with Gasteiger partial charge in [-0.2, -0.15) is 0 Å². The van der Waals surface area contributed by atoms with E-state index in [4.69, 9.17) is 9.47 Å². The lowest BCUT2D eigenvalue weighted by Crippen LogP contribution is -2.24. The molecule has 9 heteroatoms. The first kappa shape index (κ1) is 21.2. The molecule has 1 amide bonds. The van der Waals surface area contributed by atoms with Crippen LogP contribution in [0, 0.1) is 0 Å². The summed E-state index contributed by atoms with van der Waals surface area (Å²) in [6, 6.07) is 14.8. The lowest BCUT2D eigenvalue weighted by molar-refractivity contribution is 0.0948. The molecule has 2 aromatic carbocycles. The molecule has 0 spiro atoms. The summed E-state index contributed by atoms with van der Waals surface area (Å²) in [6.07, 6.45) is 0. The number of carbonyl (C=O) groups excluding carboxylic acids is 1. The van der Waals surface area contributed by atoms with Crippen molar-refractivity contribution in [1.29, 1.82) is 0 Å². The van der Waals surface area contributed by atoms with Crippen molar-refractivity contribution in [1.82, 2.24) is 20.1 Å². The van der Waals surface area contributed by atoms with E-state index in [9.17, 15) is 4.79 Å². The lowest BCUT2D eigenvalue weighted by Gasteiger charge is -2.08. The molecule has 152 valence electrons. The number of benzene rings is 2. The number of nitrogens with zero attached hydrogens (tertiary/aromatic N) is 3. The van der Waals surface area contributed by atoms with Gasteiger partial charge in [-0.05, 0) is 52.3 Å². The topological polar surface area (TPSA) is 78.3 Å². The van der Waals surface area contributed by atoms with Crippen molar-refractivity contribution in [3.8, 4) is 11.5 Å². The van der Waals surface area contributed by atoms with Gasteiger partial charge >= 0.3 is 0 Å². The Morgan fingerprint density at radius 1 is 1.14 bits per heavy atom. The Kier molecular flexibility index (Phi) is 7.54. The van der Waals surface area contributed by atoms with Crippen LogP contribution in [0.15, 0.2) is 58.2 Å². The molecular weight excluding hydrogens is 456 g/mol. The van der Waals surface area contributed by atoms with Crippen LogP contribution in [0.25, 0.3) is 0 Å². The van der Waals surface area contributed by atoms with Crippen LogP contribution >= 0.6 is 27.7 Å². The van der Waals surface area contributed by atoms with Gasteiger partial charge in [0.1, 0.15) is 11.5 Å². The molecule has 0 saturated heterocycles. The van der Waals surface area contributed by atoms with Gasteiger partial charge in [-0.25, -0.2) is 0 Å². The maximum atomic E-state index is 12.3. The largest absolute Gasteiger partial charge is 0.497 e. The van der Waals surface area contributed by atoms with Crippen LogP contribution in [0.3, 0.4) is 0 Å². The third-order valence-electron chi connectivity index (χ3n) is 4.09. The first-order valence-corrected chi connectivity index (χ1v) is 10.7. The number of hydrogen-bond acceptors (Lipinski definition) is 6. The molecule has 29 heavy (non-hydrogen) atoms. The molecule has 1 heterocycles. The normalized spacial score (nSPS) is 10.6. The Morgan fingerprint density at radius 3 is 2.59 bits per heavy atom. The quantitative estimate of drug-likeness (QED) is 0.374. The number of aromatic nitrogens is 3. The van der Waals surface area contributed by atoms with Crippen molar-refractivity contribution in [3.05, 3.63) is 64.4 Å². The van der Waals surface area contributed by atoms with Crippen molar-refractivity contribution < 1.29 is 14.3 Å². The second kappa shape index (κ2) is 10.3. The first-order chi connectivity index (χ1) is 14.1. The van der Waals surface area contributed by atoms with E-state index in [0.29, 0.717) is 24.5 Å². The Morgan fingerprint density at radius 2 is 1.86 bits per heavy atom. The van der Waals surface area contributed by atoms with E-state index in [0.717, 1.165) is 26.9 Å². The number of halogens is 1. The zero-order chi connectivity index (χ0) is 20.6. The molecule has 0 aliphatic carbocycles. The van der Waals surface area contributed by atoms with E-state index in [2.05, 4.69) is 31.4 Å². The van der Waals surface area contributed by atoms with E-state index in [1.807, 2.05) is 54.1 Å². The summed E-state index contributed by atoms with van der Waals surface area (Å²) in [5, 5.41) is 12.0. The molecule has 1 N–H and O–H groups in total. The first-order valence-electron chi connectivity index (χ1n) is 8.89. The number of methoxy groups -OCH3 is 1. The van der Waals surface area contributed by atoms with Crippen molar-refractivity contribution in [3.63, 3.8) is 0 Å². The fraction of sp³-hybridized carbons (Fsp3) is 0.250. The Labute approximate surface area is 181 Å². The highest BCUT2D eigenvalue weighted by atomic mass is 79.9. The van der Waals surface area contributed by atoms with Gasteiger partial charge < -0.3 is 19.4 Å². The van der Waals surface area contributed by atoms with E-state index in [-0.39, 0.29) is 5.91 Å². The molecule has 0 atom stereocenters. The number of carbonyl (C=O) groups is 1. The number of nitrogens with one attached hydrogen (secondary N) is 1. The van der Waals surface area contributed by atoms with Crippen molar-refractivity contribution in [2.75, 3.05) is 19.5 Å². The van der Waals surface area contributed by atoms with E-state index in [1.54, 1.807) is 24.9 Å². The van der Waals surface area contributed by atoms with Crippen molar-refractivity contribution in [2.24, 2.45) is 7.05 Å². The highest BCUT2D eigenvalue weighted by molar-refractivity contribution is 9.10. The maximum absolute atomic E-state index is 12.3. The number of amides is 1. The molecular formula is C20H21BrN4O3S. The predicted octanol–water partition coefficient (Wildman–Crippen LogP) is 3.69. The number of ether oxygens (including phenoxy) is 2. The Hall–Kier alpha value is -2.52. The minimum atomic E-state index is -0.164. The van der Waals surface area contributed by atoms with Gasteiger partial charge in [-0.15, -0.1) is 10.2 Å². The van der Waals surface area contributed by atoms with E-state index in [1.165, 1.54) is 0 Å². The van der Waals surface area contributed by atoms with Gasteiger partial charge in [0, 0.05) is 17.3 Å². The standard InChI is InChI=1S/C20H21BrN4O3S/c1-25-18(13-22-19(26)16-5-3-4-6-17(16)21)23-24-20(25)29-12-11-28-15-9-7-14(27-2)8-10-15/h3-10H,11-13H2,1-2H3,(H,22,26). The van der Waals surface area contributed by atoms with Gasteiger partial charge in [0.25, 0.3) is 5.91 Å². The summed E-state index contributed by atoms with van der Waals surface area (Å²) in [7, 11) is 3.51. The van der Waals surface area contributed by atoms with Gasteiger partial charge in [0.15, 0.2) is 11.0 Å². The lowest BCUT2D eigenvalue weighted by atomic mass is 10.2. The third kappa shape index (κ3) is 5.74. The molecule has 7 nitrogen and oxygen atoms in total. The molecule has 3 aromatic rings. The molecule has 0 saturated carbocycles. The maximum Gasteiger partial charge on any atom is 0.252 e. The minimum absolute atomic E-state index is 0.164. The second-order valence-electron chi connectivity index (χ2n) is 5.99. The van der Waals surface area contributed by atoms with E-state index < -0.39 is 0 Å². The van der Waals surface area contributed by atoms with Gasteiger partial charge in [0.2, 0.25) is 0 Å². The van der Waals surface area contributed by atoms with Crippen LogP contribution in [-0.4, -0.2) is 40.1 Å². The average molecular weight is 477 g/mol. The minimum Gasteiger partial charge on any atom is -0.497 e. The highest BCUT2D eigenvalue weighted by Crippen LogP contribution is 2.19. The monoisotopic (exact) mass is 476 g/mol. The second-order valence-corrected chi connectivity index (χ2v) is 7.91. The highest BCUT2D eigenvalue weighted by Gasteiger charge is 2.13. The summed E-state index contributed by atoms with van der Waals surface area (Å²) in [5.74, 6) is 2.83. The van der Waals surface area contributed by atoms with Crippen LogP contribution in [0.5, 0.6) is 11.5 Å². The summed E-state index contributed by atoms with van der Waals surface area (Å²) < 4.78 is 13.5. The fourth-order valence-electron chi connectivity index (χ4n) is 2.49. The van der Waals surface area contributed by atoms with Crippen molar-refractivity contribution >= 4 is 33.6 Å². The number of rotatable bonds is 9. The third-order valence-corrected chi connectivity index (χ3v) is 5.77. The summed E-state index contributed by atoms with van der Waals surface area (Å²) in [6.45, 7) is 0.838. The summed E-state index contributed by atoms with van der Waals surface area (Å²) >= 11 is 4.93. The van der Waals surface area contributed by atoms with Crippen LogP contribution < -0.4 is 14.8 Å². The van der Waals surface area contributed by atoms with Crippen LogP contribution in [-0.2, 0) is 13.6 Å². The van der Waals surface area contributed by atoms with E-state index >= 15 is 0 Å². The molecule has 0 aliphatic heterocycles. The summed E-state index contributed by atoms with van der Waals surface area (Å²) in [5.41, 5.74) is 0.583. The zero-order valence-electron chi connectivity index (χ0n) is 16.1. The molecule has 3 rings (SSSR count). The van der Waals surface area contributed by atoms with Gasteiger partial charge in [-0.3, -0.25) is 4.79 Å². The molecule has 0 fully saturated rings. The zero-order valence-corrected chi connectivity index (χ0v) is 18.5. The van der Waals surface area contributed by atoms with Gasteiger partial charge in [-0.1, -0.05) is 23.9 Å². The summed E-state index contributed by atoms with van der Waals surface area (Å²) in [4.78, 5) is 12.3. The fourth-order valence-corrected chi connectivity index (χ4v) is 3.70. The SMILES string of the molecule is COc1ccc(OCCSc2nnc(CNC(=O)c3ccccc3Br)n2C)cc1. The Balaban J connectivity index is 1.46. The molecule has 1 aromatic heterocycles. The van der Waals surface area contributed by atoms with Crippen molar-refractivity contribution in [2.45, 2.75) is 11.7 Å². The number of hydrogen-bond donors (Lipinski definition) is 1. The van der Waals surface area contributed by atoms with Crippen LogP contribution in [0.4, 0.5) is 0 Å². The molecule has 0 bridgehead atoms. The van der Waals surface area contributed by atoms with Crippen LogP contribution in [0.2, 0.25) is 0 Å².